The maximum absolute atomic E-state index is 12.3. The second-order valence-corrected chi connectivity index (χ2v) is 7.51. The number of amides is 2. The number of aromatic nitrogens is 4. The van der Waals surface area contributed by atoms with E-state index in [1.807, 2.05) is 32.0 Å². The van der Waals surface area contributed by atoms with Gasteiger partial charge in [-0.25, -0.2) is 9.78 Å². The maximum atomic E-state index is 12.3. The molecule has 0 spiro atoms. The van der Waals surface area contributed by atoms with Gasteiger partial charge in [-0.05, 0) is 31.5 Å². The number of rotatable bonds is 5. The third-order valence-corrected chi connectivity index (χ3v) is 5.46. The molecule has 0 aliphatic heterocycles. The van der Waals surface area contributed by atoms with Crippen LogP contribution in [0.15, 0.2) is 30.9 Å². The first-order chi connectivity index (χ1) is 12.4. The molecule has 1 aromatic carbocycles. The van der Waals surface area contributed by atoms with Crippen molar-refractivity contribution in [3.63, 3.8) is 0 Å². The van der Waals surface area contributed by atoms with E-state index >= 15 is 0 Å². The van der Waals surface area contributed by atoms with E-state index in [9.17, 15) is 4.79 Å². The van der Waals surface area contributed by atoms with Crippen LogP contribution in [0.4, 0.5) is 10.5 Å². The Kier molecular flexibility index (Phi) is 5.32. The van der Waals surface area contributed by atoms with E-state index in [2.05, 4.69) is 39.7 Å². The van der Waals surface area contributed by atoms with Crippen LogP contribution in [-0.4, -0.2) is 25.8 Å². The summed E-state index contributed by atoms with van der Waals surface area (Å²) in [4.78, 5) is 18.0. The standard InChI is InChI=1S/C18H22N6OS/c1-11(2)17-22-13(4)16(26-17)8-19-18(25)23-15-7-14(6-5-12(15)3)24-9-20-21-10-24/h5-7,9-11H,8H2,1-4H3,(H2,19,23,25). The molecule has 3 rings (SSSR count). The number of hydrogen-bond acceptors (Lipinski definition) is 5. The minimum Gasteiger partial charge on any atom is -0.333 e. The number of urea groups is 1. The minimum atomic E-state index is -0.243. The van der Waals surface area contributed by atoms with Gasteiger partial charge in [0.05, 0.1) is 22.9 Å². The lowest BCUT2D eigenvalue weighted by Gasteiger charge is -2.11. The van der Waals surface area contributed by atoms with Gasteiger partial charge in [0.1, 0.15) is 12.7 Å². The molecule has 0 aliphatic carbocycles. The van der Waals surface area contributed by atoms with Crippen LogP contribution >= 0.6 is 11.3 Å². The molecule has 8 heteroatoms. The van der Waals surface area contributed by atoms with E-state index in [-0.39, 0.29) is 6.03 Å². The Morgan fingerprint density at radius 3 is 2.62 bits per heavy atom. The molecule has 26 heavy (non-hydrogen) atoms. The Bertz CT molecular complexity index is 901. The first kappa shape index (κ1) is 18.1. The number of carbonyl (C=O) groups is 1. The molecule has 0 fully saturated rings. The lowest BCUT2D eigenvalue weighted by Crippen LogP contribution is -2.28. The van der Waals surface area contributed by atoms with Crippen molar-refractivity contribution in [1.82, 2.24) is 25.1 Å². The molecule has 0 aliphatic rings. The molecule has 2 N–H and O–H groups in total. The zero-order valence-electron chi connectivity index (χ0n) is 15.3. The summed E-state index contributed by atoms with van der Waals surface area (Å²) in [6.07, 6.45) is 3.24. The number of aryl methyl sites for hydroxylation is 2. The van der Waals surface area contributed by atoms with Crippen molar-refractivity contribution in [2.24, 2.45) is 0 Å². The van der Waals surface area contributed by atoms with Crippen molar-refractivity contribution in [2.75, 3.05) is 5.32 Å². The number of anilines is 1. The Morgan fingerprint density at radius 2 is 1.96 bits per heavy atom. The van der Waals surface area contributed by atoms with E-state index in [4.69, 9.17) is 0 Å². The van der Waals surface area contributed by atoms with Crippen molar-refractivity contribution >= 4 is 23.1 Å². The van der Waals surface area contributed by atoms with Crippen LogP contribution in [0.1, 0.15) is 40.9 Å². The molecule has 2 aromatic heterocycles. The Labute approximate surface area is 156 Å². The largest absolute Gasteiger partial charge is 0.333 e. The van der Waals surface area contributed by atoms with Crippen molar-refractivity contribution in [1.29, 1.82) is 0 Å². The predicted octanol–water partition coefficient (Wildman–Crippen LogP) is 3.79. The number of thiazole rings is 1. The summed E-state index contributed by atoms with van der Waals surface area (Å²) < 4.78 is 1.79. The van der Waals surface area contributed by atoms with Gasteiger partial charge in [0.2, 0.25) is 0 Å². The number of benzene rings is 1. The van der Waals surface area contributed by atoms with Gasteiger partial charge in [-0.15, -0.1) is 21.5 Å². The first-order valence-corrected chi connectivity index (χ1v) is 9.22. The van der Waals surface area contributed by atoms with Crippen LogP contribution in [0, 0.1) is 13.8 Å². The lowest BCUT2D eigenvalue weighted by molar-refractivity contribution is 0.252. The second kappa shape index (κ2) is 7.65. The van der Waals surface area contributed by atoms with E-state index in [1.165, 1.54) is 0 Å². The minimum absolute atomic E-state index is 0.243. The van der Waals surface area contributed by atoms with Crippen LogP contribution in [0.3, 0.4) is 0 Å². The average molecular weight is 370 g/mol. The molecule has 0 bridgehead atoms. The summed E-state index contributed by atoms with van der Waals surface area (Å²) in [7, 11) is 0. The highest BCUT2D eigenvalue weighted by atomic mass is 32.1. The summed E-state index contributed by atoms with van der Waals surface area (Å²) in [5.41, 5.74) is 3.59. The van der Waals surface area contributed by atoms with Crippen LogP contribution in [0.2, 0.25) is 0 Å². The van der Waals surface area contributed by atoms with Crippen LogP contribution < -0.4 is 10.6 Å². The summed E-state index contributed by atoms with van der Waals surface area (Å²) in [6.45, 7) is 8.63. The molecule has 3 aromatic rings. The Hall–Kier alpha value is -2.74. The van der Waals surface area contributed by atoms with Gasteiger partial charge in [-0.1, -0.05) is 19.9 Å². The van der Waals surface area contributed by atoms with Gasteiger partial charge in [-0.2, -0.15) is 0 Å². The number of carbonyl (C=O) groups excluding carboxylic acids is 1. The van der Waals surface area contributed by atoms with Crippen LogP contribution in [-0.2, 0) is 6.54 Å². The normalized spacial score (nSPS) is 11.0. The van der Waals surface area contributed by atoms with Gasteiger partial charge >= 0.3 is 6.03 Å². The summed E-state index contributed by atoms with van der Waals surface area (Å²) >= 11 is 1.65. The molecule has 0 saturated carbocycles. The highest BCUT2D eigenvalue weighted by Gasteiger charge is 2.12. The highest BCUT2D eigenvalue weighted by Crippen LogP contribution is 2.24. The predicted molar refractivity (Wildman–Crippen MR) is 103 cm³/mol. The smallest absolute Gasteiger partial charge is 0.319 e. The number of nitrogens with zero attached hydrogens (tertiary/aromatic N) is 4. The molecule has 0 saturated heterocycles. The Balaban J connectivity index is 1.66. The SMILES string of the molecule is Cc1ccc(-n2cnnc2)cc1NC(=O)NCc1sc(C(C)C)nc1C. The first-order valence-electron chi connectivity index (χ1n) is 8.40. The fourth-order valence-corrected chi connectivity index (χ4v) is 3.44. The molecule has 0 radical (unpaired) electrons. The van der Waals surface area contributed by atoms with Crippen molar-refractivity contribution in [2.45, 2.75) is 40.2 Å². The van der Waals surface area contributed by atoms with Crippen molar-refractivity contribution < 1.29 is 4.79 Å². The zero-order chi connectivity index (χ0) is 18.7. The fraction of sp³-hybridized carbons (Fsp3) is 0.333. The molecule has 136 valence electrons. The average Bonchev–Trinajstić information content (AvgIpc) is 3.25. The van der Waals surface area contributed by atoms with E-state index in [0.29, 0.717) is 12.5 Å². The van der Waals surface area contributed by atoms with Crippen LogP contribution in [0.5, 0.6) is 0 Å². The summed E-state index contributed by atoms with van der Waals surface area (Å²) in [5.74, 6) is 0.393. The molecule has 0 unspecified atom stereocenters. The van der Waals surface area contributed by atoms with Crippen LogP contribution in [0.25, 0.3) is 5.69 Å². The number of nitrogens with one attached hydrogen (secondary N) is 2. The maximum Gasteiger partial charge on any atom is 0.319 e. The zero-order valence-corrected chi connectivity index (χ0v) is 16.1. The molecule has 0 atom stereocenters. The summed E-state index contributed by atoms with van der Waals surface area (Å²) in [5, 5.41) is 14.5. The molecular formula is C18H22N6OS. The third-order valence-electron chi connectivity index (χ3n) is 4.00. The molecule has 2 amide bonds. The van der Waals surface area contributed by atoms with E-state index in [0.717, 1.165) is 32.5 Å². The second-order valence-electron chi connectivity index (χ2n) is 6.39. The van der Waals surface area contributed by atoms with E-state index < -0.39 is 0 Å². The van der Waals surface area contributed by atoms with Crippen molar-refractivity contribution in [3.05, 3.63) is 52.0 Å². The topological polar surface area (TPSA) is 84.7 Å². The third kappa shape index (κ3) is 4.08. The monoisotopic (exact) mass is 370 g/mol. The van der Waals surface area contributed by atoms with Crippen molar-refractivity contribution in [3.8, 4) is 5.69 Å². The highest BCUT2D eigenvalue weighted by molar-refractivity contribution is 7.11. The Morgan fingerprint density at radius 1 is 1.23 bits per heavy atom. The molecular weight excluding hydrogens is 348 g/mol. The number of hydrogen-bond donors (Lipinski definition) is 2. The quantitative estimate of drug-likeness (QED) is 0.716. The van der Waals surface area contributed by atoms with E-state index in [1.54, 1.807) is 28.6 Å². The van der Waals surface area contributed by atoms with Gasteiger partial charge < -0.3 is 10.6 Å². The van der Waals surface area contributed by atoms with Gasteiger partial charge in [0.25, 0.3) is 0 Å². The summed E-state index contributed by atoms with van der Waals surface area (Å²) in [6, 6.07) is 5.56. The van der Waals surface area contributed by atoms with Gasteiger partial charge in [-0.3, -0.25) is 4.57 Å². The fourth-order valence-electron chi connectivity index (χ4n) is 2.43. The van der Waals surface area contributed by atoms with Gasteiger partial charge in [0.15, 0.2) is 0 Å². The molecule has 2 heterocycles. The molecule has 7 nitrogen and oxygen atoms in total. The van der Waals surface area contributed by atoms with Gasteiger partial charge in [0, 0.05) is 16.5 Å². The lowest BCUT2D eigenvalue weighted by atomic mass is 10.2.